The van der Waals surface area contributed by atoms with Crippen LogP contribution in [0.5, 0.6) is 5.75 Å². The third-order valence-corrected chi connectivity index (χ3v) is 8.79. The zero-order valence-corrected chi connectivity index (χ0v) is 28.7. The normalized spacial score (nSPS) is 14.6. The van der Waals surface area contributed by atoms with E-state index in [2.05, 4.69) is 20.2 Å². The second-order valence-corrected chi connectivity index (χ2v) is 12.8. The number of benzene rings is 3. The standard InChI is InChI=1S/C37H38F7N5O3/c1-22-16-23(2)32(24(3)17-22)33(25-18-26(36(39,40)41)20-27(19-25)37(42,43)44)49(35(50)51)31-10-11-45-34(47-31)46-28-8-9-30(29(38)21-28)52-15-7-14-48-12-5-4-6-13-48/h8-11,16-21,33H,4-7,12-15H2,1-3H3,(H,50,51)(H,45,46,47)/p-1. The molecule has 0 saturated carbocycles. The Morgan fingerprint density at radius 2 is 1.56 bits per heavy atom. The van der Waals surface area contributed by atoms with E-state index in [0.29, 0.717) is 34.8 Å². The van der Waals surface area contributed by atoms with Gasteiger partial charge in [0.15, 0.2) is 11.6 Å². The summed E-state index contributed by atoms with van der Waals surface area (Å²) in [5, 5.41) is 15.7. The van der Waals surface area contributed by atoms with Crippen LogP contribution in [0.4, 0.5) is 53.0 Å². The second kappa shape index (κ2) is 15.8. The fourth-order valence-corrected chi connectivity index (χ4v) is 6.56. The van der Waals surface area contributed by atoms with Crippen molar-refractivity contribution in [2.75, 3.05) is 36.5 Å². The largest absolute Gasteiger partial charge is 0.530 e. The average molecular weight is 733 g/mol. The van der Waals surface area contributed by atoms with Crippen LogP contribution in [-0.2, 0) is 12.4 Å². The Balaban J connectivity index is 1.48. The number of nitrogens with one attached hydrogen (secondary N) is 1. The van der Waals surface area contributed by atoms with Gasteiger partial charge < -0.3 is 29.8 Å². The lowest BCUT2D eigenvalue weighted by molar-refractivity contribution is -0.247. The van der Waals surface area contributed by atoms with Gasteiger partial charge in [0.1, 0.15) is 11.9 Å². The molecule has 0 bridgehead atoms. The van der Waals surface area contributed by atoms with Crippen molar-refractivity contribution in [2.45, 2.75) is 64.8 Å². The van der Waals surface area contributed by atoms with Crippen molar-refractivity contribution in [2.24, 2.45) is 0 Å². The maximum atomic E-state index is 15.0. The summed E-state index contributed by atoms with van der Waals surface area (Å²) in [6, 6.07) is 7.54. The quantitative estimate of drug-likeness (QED) is 0.122. The zero-order chi connectivity index (χ0) is 37.8. The minimum absolute atomic E-state index is 0.0213. The number of aromatic nitrogens is 2. The molecule has 0 radical (unpaired) electrons. The van der Waals surface area contributed by atoms with Gasteiger partial charge in [0, 0.05) is 24.5 Å². The van der Waals surface area contributed by atoms with Crippen molar-refractivity contribution in [1.29, 1.82) is 0 Å². The van der Waals surface area contributed by atoms with Crippen molar-refractivity contribution in [3.8, 4) is 5.75 Å². The summed E-state index contributed by atoms with van der Waals surface area (Å²) in [6.45, 7) is 8.10. The maximum Gasteiger partial charge on any atom is 0.416 e. The Labute approximate surface area is 296 Å². The predicted molar refractivity (Wildman–Crippen MR) is 179 cm³/mol. The molecule has 0 aliphatic carbocycles. The van der Waals surface area contributed by atoms with Gasteiger partial charge in [-0.05, 0) is 112 Å². The molecule has 15 heteroatoms. The maximum absolute atomic E-state index is 15.0. The highest BCUT2D eigenvalue weighted by Gasteiger charge is 2.39. The van der Waals surface area contributed by atoms with Crippen molar-refractivity contribution in [1.82, 2.24) is 14.9 Å². The summed E-state index contributed by atoms with van der Waals surface area (Å²) in [4.78, 5) is 24.0. The number of anilines is 3. The van der Waals surface area contributed by atoms with Crippen LogP contribution in [0, 0.1) is 26.6 Å². The van der Waals surface area contributed by atoms with E-state index < -0.39 is 52.8 Å². The number of ether oxygens (including phenoxy) is 1. The average Bonchev–Trinajstić information content (AvgIpc) is 3.06. The van der Waals surface area contributed by atoms with E-state index in [4.69, 9.17) is 4.74 Å². The molecule has 1 fully saturated rings. The number of hydrogen-bond acceptors (Lipinski definition) is 7. The number of carbonyl (C=O) groups excluding carboxylic acids is 1. The first kappa shape index (κ1) is 38.3. The van der Waals surface area contributed by atoms with Crippen molar-refractivity contribution >= 4 is 23.5 Å². The summed E-state index contributed by atoms with van der Waals surface area (Å²) in [6.07, 6.45) is -6.96. The number of aryl methyl sites for hydroxylation is 3. The molecule has 1 saturated heterocycles. The molecule has 1 aliphatic rings. The van der Waals surface area contributed by atoms with Gasteiger partial charge in [0.2, 0.25) is 5.95 Å². The van der Waals surface area contributed by atoms with E-state index >= 15 is 0 Å². The number of carbonyl (C=O) groups is 1. The Hall–Kier alpha value is -4.92. The molecule has 52 heavy (non-hydrogen) atoms. The van der Waals surface area contributed by atoms with Gasteiger partial charge in [-0.15, -0.1) is 0 Å². The number of carboxylic acid groups (broad SMARTS) is 1. The number of likely N-dealkylation sites (tertiary alicyclic amines) is 1. The molecule has 0 spiro atoms. The number of amides is 1. The van der Waals surface area contributed by atoms with Crippen LogP contribution in [-0.4, -0.2) is 47.2 Å². The molecule has 4 aromatic rings. The molecular formula is C37H37F7N5O3-. The summed E-state index contributed by atoms with van der Waals surface area (Å²) in [5.74, 6) is -1.34. The van der Waals surface area contributed by atoms with E-state index in [9.17, 15) is 40.6 Å². The number of halogens is 7. The lowest BCUT2D eigenvalue weighted by atomic mass is 9.87. The predicted octanol–water partition coefficient (Wildman–Crippen LogP) is 8.52. The minimum Gasteiger partial charge on any atom is -0.530 e. The smallest absolute Gasteiger partial charge is 0.416 e. The van der Waals surface area contributed by atoms with E-state index in [1.165, 1.54) is 18.6 Å². The first-order valence-corrected chi connectivity index (χ1v) is 16.6. The van der Waals surface area contributed by atoms with Crippen molar-refractivity contribution in [3.63, 3.8) is 0 Å². The van der Waals surface area contributed by atoms with Crippen LogP contribution < -0.4 is 20.1 Å². The van der Waals surface area contributed by atoms with Crippen LogP contribution in [0.1, 0.15) is 70.7 Å². The third kappa shape index (κ3) is 9.29. The molecule has 3 aromatic carbocycles. The highest BCUT2D eigenvalue weighted by Crippen LogP contribution is 2.42. The molecular weight excluding hydrogens is 695 g/mol. The summed E-state index contributed by atoms with van der Waals surface area (Å²) in [7, 11) is 0. The van der Waals surface area contributed by atoms with Gasteiger partial charge in [-0.2, -0.15) is 31.3 Å². The van der Waals surface area contributed by atoms with E-state index in [-0.39, 0.29) is 29.0 Å². The molecule has 1 aliphatic heterocycles. The second-order valence-electron chi connectivity index (χ2n) is 12.8. The van der Waals surface area contributed by atoms with Crippen LogP contribution in [0.3, 0.4) is 0 Å². The fourth-order valence-electron chi connectivity index (χ4n) is 6.56. The van der Waals surface area contributed by atoms with Crippen LogP contribution in [0.2, 0.25) is 0 Å². The lowest BCUT2D eigenvalue weighted by Crippen LogP contribution is -2.45. The Kier molecular flexibility index (Phi) is 11.6. The summed E-state index contributed by atoms with van der Waals surface area (Å²) < 4.78 is 105. The number of alkyl halides is 6. The van der Waals surface area contributed by atoms with E-state index in [1.54, 1.807) is 32.9 Å². The number of piperidine rings is 1. The Morgan fingerprint density at radius 3 is 2.13 bits per heavy atom. The highest BCUT2D eigenvalue weighted by atomic mass is 19.4. The first-order valence-electron chi connectivity index (χ1n) is 16.6. The molecule has 278 valence electrons. The Bertz CT molecular complexity index is 1840. The van der Waals surface area contributed by atoms with Gasteiger partial charge in [-0.1, -0.05) is 24.1 Å². The topological polar surface area (TPSA) is 93.7 Å². The van der Waals surface area contributed by atoms with Crippen molar-refractivity contribution < 1.29 is 45.4 Å². The molecule has 1 unspecified atom stereocenters. The van der Waals surface area contributed by atoms with Crippen LogP contribution >= 0.6 is 0 Å². The molecule has 1 aromatic heterocycles. The monoisotopic (exact) mass is 732 g/mol. The molecule has 5 rings (SSSR count). The first-order chi connectivity index (χ1) is 24.5. The van der Waals surface area contributed by atoms with Crippen LogP contribution in [0.15, 0.2) is 60.8 Å². The van der Waals surface area contributed by atoms with Crippen molar-refractivity contribution in [3.05, 3.63) is 106 Å². The lowest BCUT2D eigenvalue weighted by Gasteiger charge is -2.36. The van der Waals surface area contributed by atoms with Gasteiger partial charge in [-0.3, -0.25) is 0 Å². The molecule has 1 atom stereocenters. The zero-order valence-electron chi connectivity index (χ0n) is 28.7. The van der Waals surface area contributed by atoms with E-state index in [0.717, 1.165) is 62.8 Å². The number of hydrogen-bond donors (Lipinski definition) is 1. The fraction of sp³-hybridized carbons (Fsp3) is 0.378. The molecule has 1 amide bonds. The van der Waals surface area contributed by atoms with Gasteiger partial charge in [-0.25, -0.2) is 9.37 Å². The van der Waals surface area contributed by atoms with Crippen LogP contribution in [0.25, 0.3) is 0 Å². The summed E-state index contributed by atoms with van der Waals surface area (Å²) in [5.41, 5.74) is -2.05. The van der Waals surface area contributed by atoms with Gasteiger partial charge >= 0.3 is 12.4 Å². The van der Waals surface area contributed by atoms with Gasteiger partial charge in [0.05, 0.1) is 23.8 Å². The molecule has 1 N–H and O–H groups in total. The SMILES string of the molecule is Cc1cc(C)c(C(c2cc(C(F)(F)F)cc(C(F)(F)F)c2)N(C(=O)[O-])c2ccnc(Nc3ccc(OCCCN4CCCCC4)c(F)c3)n2)c(C)c1. The molecule has 2 heterocycles. The number of nitrogens with zero attached hydrogens (tertiary/aromatic N) is 4. The third-order valence-electron chi connectivity index (χ3n) is 8.79. The highest BCUT2D eigenvalue weighted by molar-refractivity contribution is 5.85. The Morgan fingerprint density at radius 1 is 0.923 bits per heavy atom. The van der Waals surface area contributed by atoms with E-state index in [1.807, 2.05) is 0 Å². The minimum atomic E-state index is -5.20. The molecule has 8 nitrogen and oxygen atoms in total. The number of rotatable bonds is 11. The summed E-state index contributed by atoms with van der Waals surface area (Å²) >= 11 is 0. The van der Waals surface area contributed by atoms with Gasteiger partial charge in [0.25, 0.3) is 0 Å².